The number of phenols is 2. The molecule has 0 saturated heterocycles. The van der Waals surface area contributed by atoms with Gasteiger partial charge in [-0.25, -0.2) is 13.2 Å². The Kier molecular flexibility index (Phi) is 14.6. The van der Waals surface area contributed by atoms with Gasteiger partial charge in [0.25, 0.3) is 0 Å². The van der Waals surface area contributed by atoms with Gasteiger partial charge in [-0.1, -0.05) is 77.6 Å². The van der Waals surface area contributed by atoms with Crippen LogP contribution in [0.25, 0.3) is 0 Å². The Balaban J connectivity index is 0.000000679. The number of phenolic OH excluding ortho intramolecular Hbond substituents is 2. The predicted molar refractivity (Wildman–Crippen MR) is 166 cm³/mol. The molecule has 1 radical (unpaired) electrons. The first-order chi connectivity index (χ1) is 21.5. The molecule has 0 aliphatic heterocycles. The molecule has 279 valence electrons. The summed E-state index contributed by atoms with van der Waals surface area (Å²) < 4.78 is 103. The molecule has 2 N–H and O–H groups in total. The minimum Gasteiger partial charge on any atom is -0.795 e. The second-order valence-electron chi connectivity index (χ2n) is 13.4. The van der Waals surface area contributed by atoms with Crippen LogP contribution >= 0.6 is 23.2 Å². The zero-order chi connectivity index (χ0) is 37.3. The first-order valence-electron chi connectivity index (χ1n) is 14.5. The molecule has 2 aromatic carbocycles. The molecular formula is C32H36Cl2CoF9N2O3-. The molecule has 5 nitrogen and oxygen atoms in total. The molecular weight excluding hydrogens is 761 g/mol. The van der Waals surface area contributed by atoms with Crippen molar-refractivity contribution < 1.29 is 71.6 Å². The van der Waals surface area contributed by atoms with Crippen LogP contribution in [0.2, 0.25) is 10.0 Å². The van der Waals surface area contributed by atoms with E-state index in [1.807, 2.05) is 53.7 Å². The molecule has 0 amide bonds. The molecule has 1 fully saturated rings. The zero-order valence-electron chi connectivity index (χ0n) is 27.1. The number of aliphatic imine (C=N–C) groups is 2. The van der Waals surface area contributed by atoms with Crippen molar-refractivity contribution >= 4 is 35.6 Å². The van der Waals surface area contributed by atoms with Crippen LogP contribution in [0.4, 0.5) is 39.5 Å². The van der Waals surface area contributed by atoms with Crippen LogP contribution < -0.4 is 5.11 Å². The molecule has 2 aromatic rings. The minimum atomic E-state index is -7.08. The SMILES string of the molecule is CC(C)(C)c1cc(Cl)cc(C=N[C@@H]2CCCC[C@H]2N=Cc2cc(Cl)cc(C(C)(C)C)c2O)c1O.[Co].[O-]C(F)(F)C(F)(C(F)(F)F)C(F)(F)F. The van der Waals surface area contributed by atoms with Gasteiger partial charge in [0.1, 0.15) is 11.5 Å². The summed E-state index contributed by atoms with van der Waals surface area (Å²) in [6, 6.07) is 7.09. The van der Waals surface area contributed by atoms with Gasteiger partial charge in [-0.3, -0.25) is 9.98 Å². The van der Waals surface area contributed by atoms with Gasteiger partial charge in [-0.05, 0) is 47.9 Å². The standard InChI is InChI=1S/C28H36Cl2N2O2.C4F9O.Co/c1-27(2,3)21-13-19(29)11-17(25(21)33)15-31-23-9-7-8-10-24(23)32-16-18-12-20(30)14-22(26(18)34)28(4,5)6;5-1(2(6,7)8,3(9,10)11)4(12,13)14;/h11-16,23-24,33-34H,7-10H2,1-6H3;;/q;-1;/t23-,24-;;/m1../s1. The summed E-state index contributed by atoms with van der Waals surface area (Å²) in [5.41, 5.74) is -4.72. The van der Waals surface area contributed by atoms with Gasteiger partial charge in [0, 0.05) is 61.5 Å². The summed E-state index contributed by atoms with van der Waals surface area (Å²) in [5.74, 6) is 0.435. The minimum absolute atomic E-state index is 0. The van der Waals surface area contributed by atoms with Crippen LogP contribution in [0.15, 0.2) is 34.3 Å². The van der Waals surface area contributed by atoms with E-state index in [4.69, 9.17) is 33.2 Å². The van der Waals surface area contributed by atoms with E-state index < -0.39 is 24.1 Å². The number of rotatable bonds is 5. The Labute approximate surface area is 298 Å². The normalized spacial score (nSPS) is 18.3. The Morgan fingerprint density at radius 2 is 0.959 bits per heavy atom. The van der Waals surface area contributed by atoms with E-state index in [0.717, 1.165) is 36.8 Å². The van der Waals surface area contributed by atoms with Gasteiger partial charge in [-0.15, -0.1) is 0 Å². The van der Waals surface area contributed by atoms with Crippen LogP contribution in [0.5, 0.6) is 11.5 Å². The molecule has 0 heterocycles. The maximum Gasteiger partial charge on any atom is 0.436 e. The van der Waals surface area contributed by atoms with Crippen molar-refractivity contribution in [2.24, 2.45) is 9.98 Å². The van der Waals surface area contributed by atoms with Gasteiger partial charge in [0.2, 0.25) is 6.11 Å². The summed E-state index contributed by atoms with van der Waals surface area (Å²) in [5, 5.41) is 32.1. The van der Waals surface area contributed by atoms with Crippen molar-refractivity contribution in [1.29, 1.82) is 0 Å². The topological polar surface area (TPSA) is 88.2 Å². The monoisotopic (exact) mass is 796 g/mol. The van der Waals surface area contributed by atoms with E-state index in [1.165, 1.54) is 0 Å². The summed E-state index contributed by atoms with van der Waals surface area (Å²) >= 11 is 12.7. The number of benzene rings is 2. The van der Waals surface area contributed by atoms with Crippen LogP contribution in [-0.2, 0) is 27.6 Å². The predicted octanol–water partition coefficient (Wildman–Crippen LogP) is 9.62. The number of hydrogen-bond donors (Lipinski definition) is 2. The van der Waals surface area contributed by atoms with E-state index >= 15 is 0 Å². The molecule has 1 saturated carbocycles. The second-order valence-corrected chi connectivity index (χ2v) is 14.3. The smallest absolute Gasteiger partial charge is 0.436 e. The van der Waals surface area contributed by atoms with Gasteiger partial charge < -0.3 is 15.3 Å². The molecule has 2 atom stereocenters. The van der Waals surface area contributed by atoms with Gasteiger partial charge >= 0.3 is 18.0 Å². The fourth-order valence-corrected chi connectivity index (χ4v) is 5.32. The average molecular weight is 797 g/mol. The first kappa shape index (κ1) is 44.8. The molecule has 1 aliphatic rings. The fraction of sp³-hybridized carbons (Fsp3) is 0.562. The van der Waals surface area contributed by atoms with Crippen molar-refractivity contribution in [2.75, 3.05) is 0 Å². The van der Waals surface area contributed by atoms with E-state index in [2.05, 4.69) is 0 Å². The molecule has 0 bridgehead atoms. The third-order valence-corrected chi connectivity index (χ3v) is 7.95. The molecule has 3 rings (SSSR count). The number of aromatic hydroxyl groups is 2. The van der Waals surface area contributed by atoms with E-state index in [9.17, 15) is 54.8 Å². The molecule has 17 heteroatoms. The second kappa shape index (κ2) is 16.0. The van der Waals surface area contributed by atoms with E-state index in [-0.39, 0.29) is 51.2 Å². The van der Waals surface area contributed by atoms with E-state index in [1.54, 1.807) is 24.6 Å². The van der Waals surface area contributed by atoms with Crippen molar-refractivity contribution in [3.05, 3.63) is 56.6 Å². The van der Waals surface area contributed by atoms with Gasteiger partial charge in [-0.2, -0.15) is 26.3 Å². The number of alkyl halides is 9. The van der Waals surface area contributed by atoms with Gasteiger partial charge in [0.15, 0.2) is 0 Å². The van der Waals surface area contributed by atoms with Crippen LogP contribution in [0.1, 0.15) is 89.5 Å². The van der Waals surface area contributed by atoms with Gasteiger partial charge in [0.05, 0.1) is 12.1 Å². The molecule has 1 aliphatic carbocycles. The fourth-order valence-electron chi connectivity index (χ4n) is 4.86. The Hall–Kier alpha value is -2.20. The number of hydrogen-bond acceptors (Lipinski definition) is 5. The van der Waals surface area contributed by atoms with Crippen LogP contribution in [0, 0.1) is 0 Å². The molecule has 0 unspecified atom stereocenters. The van der Waals surface area contributed by atoms with Crippen LogP contribution in [0.3, 0.4) is 0 Å². The summed E-state index contributed by atoms with van der Waals surface area (Å²) in [6.45, 7) is 12.3. The van der Waals surface area contributed by atoms with Crippen molar-refractivity contribution in [3.63, 3.8) is 0 Å². The summed E-state index contributed by atoms with van der Waals surface area (Å²) in [4.78, 5) is 9.65. The molecule has 0 aromatic heterocycles. The number of halogens is 11. The van der Waals surface area contributed by atoms with Crippen LogP contribution in [-0.4, -0.2) is 58.9 Å². The number of nitrogens with zero attached hydrogens (tertiary/aromatic N) is 2. The maximum atomic E-state index is 12.0. The quantitative estimate of drug-likeness (QED) is 0.234. The van der Waals surface area contributed by atoms with E-state index in [0.29, 0.717) is 21.2 Å². The maximum absolute atomic E-state index is 12.0. The largest absolute Gasteiger partial charge is 0.795 e. The molecule has 49 heavy (non-hydrogen) atoms. The molecule has 0 spiro atoms. The zero-order valence-corrected chi connectivity index (χ0v) is 29.7. The average Bonchev–Trinajstić information content (AvgIpc) is 2.90. The summed E-state index contributed by atoms with van der Waals surface area (Å²) in [7, 11) is 0. The Bertz CT molecular complexity index is 1370. The Morgan fingerprint density at radius 3 is 1.18 bits per heavy atom. The Morgan fingerprint density at radius 1 is 0.653 bits per heavy atom. The van der Waals surface area contributed by atoms with Crippen molar-refractivity contribution in [3.8, 4) is 11.5 Å². The third kappa shape index (κ3) is 10.9. The van der Waals surface area contributed by atoms with Crippen molar-refractivity contribution in [1.82, 2.24) is 0 Å². The first-order valence-corrected chi connectivity index (χ1v) is 15.3. The summed E-state index contributed by atoms with van der Waals surface area (Å²) in [6.07, 6.45) is -13.5. The van der Waals surface area contributed by atoms with Crippen molar-refractivity contribution in [2.45, 2.75) is 114 Å². The third-order valence-electron chi connectivity index (χ3n) is 7.51.